The zero-order valence-corrected chi connectivity index (χ0v) is 18.1. The zero-order chi connectivity index (χ0) is 21.2. The fraction of sp³-hybridized carbons (Fsp3) is 0.455. The van der Waals surface area contributed by atoms with Gasteiger partial charge in [0, 0.05) is 30.0 Å². The van der Waals surface area contributed by atoms with Crippen molar-refractivity contribution >= 4 is 23.2 Å². The fourth-order valence-corrected chi connectivity index (χ4v) is 4.58. The number of amides is 2. The molecular weight excluding hydrogens is 391 g/mol. The number of benzene rings is 1. The lowest BCUT2D eigenvalue weighted by atomic mass is 10.00. The van der Waals surface area contributed by atoms with E-state index in [9.17, 15) is 14.0 Å². The van der Waals surface area contributed by atoms with Gasteiger partial charge in [0.25, 0.3) is 0 Å². The van der Waals surface area contributed by atoms with E-state index in [4.69, 9.17) is 4.74 Å². The van der Waals surface area contributed by atoms with E-state index in [0.717, 1.165) is 12.0 Å². The van der Waals surface area contributed by atoms with E-state index in [0.29, 0.717) is 12.3 Å². The standard InChI is InChI=1S/C22H27FN2O3S/c1-15(26)25(22(2,3)4)13-21(27)24-10-8-20-18(9-11-29-20)19(24)14-28-17-7-5-6-16(23)12-17/h5-7,9,11-12,19H,8,10,13-14H2,1-4H3. The molecule has 1 aliphatic rings. The highest BCUT2D eigenvalue weighted by molar-refractivity contribution is 7.10. The van der Waals surface area contributed by atoms with Crippen LogP contribution in [0.4, 0.5) is 4.39 Å². The molecule has 1 aromatic carbocycles. The Morgan fingerprint density at radius 1 is 1.31 bits per heavy atom. The summed E-state index contributed by atoms with van der Waals surface area (Å²) < 4.78 is 19.3. The summed E-state index contributed by atoms with van der Waals surface area (Å²) in [6.45, 7) is 8.05. The van der Waals surface area contributed by atoms with Crippen LogP contribution in [0.25, 0.3) is 0 Å². The number of ether oxygens (including phenoxy) is 1. The van der Waals surface area contributed by atoms with Crippen molar-refractivity contribution in [3.05, 3.63) is 52.0 Å². The first-order valence-electron chi connectivity index (χ1n) is 9.69. The van der Waals surface area contributed by atoms with Gasteiger partial charge < -0.3 is 14.5 Å². The van der Waals surface area contributed by atoms with E-state index in [2.05, 4.69) is 0 Å². The highest BCUT2D eigenvalue weighted by atomic mass is 32.1. The van der Waals surface area contributed by atoms with Crippen molar-refractivity contribution in [3.63, 3.8) is 0 Å². The third-order valence-corrected chi connectivity index (χ3v) is 6.10. The van der Waals surface area contributed by atoms with Crippen LogP contribution in [0, 0.1) is 5.82 Å². The Hall–Kier alpha value is -2.41. The van der Waals surface area contributed by atoms with E-state index < -0.39 is 5.54 Å². The molecule has 0 spiro atoms. The third-order valence-electron chi connectivity index (χ3n) is 5.10. The molecule has 0 bridgehead atoms. The zero-order valence-electron chi connectivity index (χ0n) is 17.3. The number of halogens is 1. The monoisotopic (exact) mass is 418 g/mol. The maximum absolute atomic E-state index is 13.5. The van der Waals surface area contributed by atoms with Crippen molar-refractivity contribution in [1.29, 1.82) is 0 Å². The Morgan fingerprint density at radius 2 is 2.07 bits per heavy atom. The lowest BCUT2D eigenvalue weighted by Gasteiger charge is -2.39. The second-order valence-electron chi connectivity index (χ2n) is 8.20. The van der Waals surface area contributed by atoms with Crippen LogP contribution in [0.5, 0.6) is 5.75 Å². The van der Waals surface area contributed by atoms with Crippen molar-refractivity contribution in [2.24, 2.45) is 0 Å². The molecule has 0 saturated carbocycles. The van der Waals surface area contributed by atoms with Crippen LogP contribution in [0.2, 0.25) is 0 Å². The average molecular weight is 419 g/mol. The Kier molecular flexibility index (Phi) is 6.27. The van der Waals surface area contributed by atoms with Crippen LogP contribution < -0.4 is 4.74 Å². The summed E-state index contributed by atoms with van der Waals surface area (Å²) in [6, 6.07) is 7.74. The van der Waals surface area contributed by atoms with Crippen LogP contribution in [-0.2, 0) is 16.0 Å². The van der Waals surface area contributed by atoms with Gasteiger partial charge in [-0.05, 0) is 56.3 Å². The molecule has 0 N–H and O–H groups in total. The first kappa shape index (κ1) is 21.3. The molecule has 1 unspecified atom stereocenters. The van der Waals surface area contributed by atoms with Crippen LogP contribution >= 0.6 is 11.3 Å². The smallest absolute Gasteiger partial charge is 0.242 e. The van der Waals surface area contributed by atoms with Crippen molar-refractivity contribution in [2.45, 2.75) is 45.7 Å². The van der Waals surface area contributed by atoms with Crippen molar-refractivity contribution in [2.75, 3.05) is 19.7 Å². The van der Waals surface area contributed by atoms with Crippen LogP contribution in [-0.4, -0.2) is 46.8 Å². The first-order valence-corrected chi connectivity index (χ1v) is 10.6. The van der Waals surface area contributed by atoms with Crippen molar-refractivity contribution < 1.29 is 18.7 Å². The fourth-order valence-electron chi connectivity index (χ4n) is 3.65. The summed E-state index contributed by atoms with van der Waals surface area (Å²) in [6.07, 6.45) is 0.783. The Morgan fingerprint density at radius 3 is 2.72 bits per heavy atom. The molecule has 0 radical (unpaired) electrons. The second-order valence-corrected chi connectivity index (χ2v) is 9.20. The van der Waals surface area contributed by atoms with Gasteiger partial charge in [-0.15, -0.1) is 11.3 Å². The number of nitrogens with zero attached hydrogens (tertiary/aromatic N) is 2. The lowest BCUT2D eigenvalue weighted by molar-refractivity contribution is -0.145. The van der Waals surface area contributed by atoms with Gasteiger partial charge in [-0.2, -0.15) is 0 Å². The molecule has 5 nitrogen and oxygen atoms in total. The topological polar surface area (TPSA) is 49.9 Å². The Bertz CT molecular complexity index is 890. The number of carbonyl (C=O) groups is 2. The molecule has 3 rings (SSSR count). The van der Waals surface area contributed by atoms with E-state index in [1.807, 2.05) is 32.2 Å². The minimum atomic E-state index is -0.446. The molecule has 2 aromatic rings. The van der Waals surface area contributed by atoms with E-state index in [1.54, 1.807) is 33.3 Å². The molecular formula is C22H27FN2O3S. The summed E-state index contributed by atoms with van der Waals surface area (Å²) in [7, 11) is 0. The van der Waals surface area contributed by atoms with Gasteiger partial charge in [-0.25, -0.2) is 4.39 Å². The Labute approximate surface area is 175 Å². The lowest BCUT2D eigenvalue weighted by Crippen LogP contribution is -2.52. The first-order chi connectivity index (χ1) is 13.7. The van der Waals surface area contributed by atoms with E-state index >= 15 is 0 Å². The van der Waals surface area contributed by atoms with E-state index in [1.165, 1.54) is 23.9 Å². The van der Waals surface area contributed by atoms with Gasteiger partial charge in [0.05, 0.1) is 6.04 Å². The van der Waals surface area contributed by atoms with Gasteiger partial charge >= 0.3 is 0 Å². The number of carbonyl (C=O) groups excluding carboxylic acids is 2. The van der Waals surface area contributed by atoms with Crippen molar-refractivity contribution in [1.82, 2.24) is 9.80 Å². The Balaban J connectivity index is 1.80. The highest BCUT2D eigenvalue weighted by Crippen LogP contribution is 2.34. The molecule has 7 heteroatoms. The highest BCUT2D eigenvalue weighted by Gasteiger charge is 2.35. The summed E-state index contributed by atoms with van der Waals surface area (Å²) >= 11 is 1.67. The normalized spacial score (nSPS) is 16.3. The molecule has 156 valence electrons. The molecule has 1 aliphatic heterocycles. The van der Waals surface area contributed by atoms with Gasteiger partial charge in [-0.1, -0.05) is 6.07 Å². The summed E-state index contributed by atoms with van der Waals surface area (Å²) in [5.41, 5.74) is 0.620. The number of hydrogen-bond acceptors (Lipinski definition) is 4. The molecule has 29 heavy (non-hydrogen) atoms. The number of rotatable bonds is 5. The molecule has 0 saturated heterocycles. The summed E-state index contributed by atoms with van der Waals surface area (Å²) in [5.74, 6) is -0.177. The van der Waals surface area contributed by atoms with Gasteiger partial charge in [0.2, 0.25) is 11.8 Å². The summed E-state index contributed by atoms with van der Waals surface area (Å²) in [5, 5.41) is 2.02. The minimum absolute atomic E-state index is 0.0226. The third kappa shape index (κ3) is 4.96. The van der Waals surface area contributed by atoms with Crippen molar-refractivity contribution in [3.8, 4) is 5.75 Å². The largest absolute Gasteiger partial charge is 0.491 e. The molecule has 0 fully saturated rings. The molecule has 1 aromatic heterocycles. The predicted molar refractivity (Wildman–Crippen MR) is 112 cm³/mol. The SMILES string of the molecule is CC(=O)N(CC(=O)N1CCc2sccc2C1COc1cccc(F)c1)C(C)(C)C. The predicted octanol–water partition coefficient (Wildman–Crippen LogP) is 4.04. The van der Waals surface area contributed by atoms with Gasteiger partial charge in [0.1, 0.15) is 24.7 Å². The molecule has 0 aliphatic carbocycles. The van der Waals surface area contributed by atoms with E-state index in [-0.39, 0.29) is 36.8 Å². The maximum Gasteiger partial charge on any atom is 0.242 e. The van der Waals surface area contributed by atoms with Crippen LogP contribution in [0.3, 0.4) is 0 Å². The maximum atomic E-state index is 13.5. The second kappa shape index (κ2) is 8.53. The average Bonchev–Trinajstić information content (AvgIpc) is 3.11. The molecule has 2 amide bonds. The number of fused-ring (bicyclic) bond motifs is 1. The minimum Gasteiger partial charge on any atom is -0.491 e. The molecule has 2 heterocycles. The summed E-state index contributed by atoms with van der Waals surface area (Å²) in [4.78, 5) is 29.9. The number of thiophene rings is 1. The number of hydrogen-bond donors (Lipinski definition) is 0. The van der Waals surface area contributed by atoms with Crippen LogP contribution in [0.15, 0.2) is 35.7 Å². The van der Waals surface area contributed by atoms with Gasteiger partial charge in [0.15, 0.2) is 0 Å². The molecule has 1 atom stereocenters. The van der Waals surface area contributed by atoms with Gasteiger partial charge in [-0.3, -0.25) is 9.59 Å². The van der Waals surface area contributed by atoms with Crippen LogP contribution in [0.1, 0.15) is 44.2 Å². The quantitative estimate of drug-likeness (QED) is 0.736.